The molecule has 0 radical (unpaired) electrons. The van der Waals surface area contributed by atoms with E-state index in [0.717, 1.165) is 21.8 Å². The number of thiophene rings is 1. The molecule has 7 heteroatoms. The van der Waals surface area contributed by atoms with Gasteiger partial charge in [0.05, 0.1) is 12.7 Å². The van der Waals surface area contributed by atoms with Crippen molar-refractivity contribution in [3.8, 4) is 5.75 Å². The van der Waals surface area contributed by atoms with Crippen LogP contribution in [0.5, 0.6) is 5.75 Å². The van der Waals surface area contributed by atoms with Crippen LogP contribution in [0.1, 0.15) is 47.4 Å². The van der Waals surface area contributed by atoms with Gasteiger partial charge in [-0.1, -0.05) is 31.5 Å². The van der Waals surface area contributed by atoms with Crippen LogP contribution in [0.15, 0.2) is 59.5 Å². The van der Waals surface area contributed by atoms with E-state index in [2.05, 4.69) is 0 Å². The molecule has 1 aromatic heterocycles. The predicted molar refractivity (Wildman–Crippen MR) is 132 cm³/mol. The molecule has 1 aliphatic heterocycles. The van der Waals surface area contributed by atoms with Gasteiger partial charge in [0.15, 0.2) is 0 Å². The van der Waals surface area contributed by atoms with Crippen molar-refractivity contribution in [1.82, 2.24) is 0 Å². The standard InChI is InChI=1S/C26H24ClNO4S/c1-14(2)18-13-19(15(3)12-20(18)32-4)24(29)22-23(21-6-5-11-33-21)28(26(31)25(22)30)17-9-7-16(27)8-10-17/h5-14,23,29H,1-4H3/b24-22+. The molecule has 170 valence electrons. The Labute approximate surface area is 201 Å². The first kappa shape index (κ1) is 23.1. The Hall–Kier alpha value is -3.09. The fourth-order valence-corrected chi connectivity index (χ4v) is 5.09. The third-order valence-electron chi connectivity index (χ3n) is 5.82. The third-order valence-corrected chi connectivity index (χ3v) is 6.99. The largest absolute Gasteiger partial charge is 0.507 e. The lowest BCUT2D eigenvalue weighted by atomic mass is 9.92. The first-order valence-electron chi connectivity index (χ1n) is 10.5. The van der Waals surface area contributed by atoms with Crippen LogP contribution in [0.3, 0.4) is 0 Å². The van der Waals surface area contributed by atoms with Crippen LogP contribution in [-0.4, -0.2) is 23.9 Å². The van der Waals surface area contributed by atoms with E-state index in [1.165, 1.54) is 16.2 Å². The van der Waals surface area contributed by atoms with Crippen LogP contribution in [0, 0.1) is 6.92 Å². The number of ether oxygens (including phenoxy) is 1. The minimum absolute atomic E-state index is 0.0698. The number of aliphatic hydroxyl groups is 1. The average molecular weight is 482 g/mol. The highest BCUT2D eigenvalue weighted by Gasteiger charge is 2.47. The van der Waals surface area contributed by atoms with Gasteiger partial charge in [0.1, 0.15) is 17.6 Å². The molecule has 1 saturated heterocycles. The van der Waals surface area contributed by atoms with E-state index in [9.17, 15) is 14.7 Å². The summed E-state index contributed by atoms with van der Waals surface area (Å²) in [7, 11) is 1.61. The zero-order valence-electron chi connectivity index (χ0n) is 18.8. The van der Waals surface area contributed by atoms with E-state index in [0.29, 0.717) is 16.3 Å². The summed E-state index contributed by atoms with van der Waals surface area (Å²) >= 11 is 7.46. The van der Waals surface area contributed by atoms with E-state index < -0.39 is 17.7 Å². The minimum Gasteiger partial charge on any atom is -0.507 e. The Morgan fingerprint density at radius 2 is 1.85 bits per heavy atom. The van der Waals surface area contributed by atoms with Crippen LogP contribution in [0.2, 0.25) is 5.02 Å². The molecule has 0 saturated carbocycles. The van der Waals surface area contributed by atoms with Gasteiger partial charge in [0.25, 0.3) is 11.7 Å². The number of benzene rings is 2. The van der Waals surface area contributed by atoms with Crippen LogP contribution in [-0.2, 0) is 9.59 Å². The summed E-state index contributed by atoms with van der Waals surface area (Å²) < 4.78 is 5.51. The highest BCUT2D eigenvalue weighted by molar-refractivity contribution is 7.10. The number of halogens is 1. The molecular formula is C26H24ClNO4S. The molecular weight excluding hydrogens is 458 g/mol. The van der Waals surface area contributed by atoms with Gasteiger partial charge in [-0.05, 0) is 71.8 Å². The summed E-state index contributed by atoms with van der Waals surface area (Å²) in [5.74, 6) is -0.743. The summed E-state index contributed by atoms with van der Waals surface area (Å²) in [5, 5.41) is 13.9. The van der Waals surface area contributed by atoms with Crippen molar-refractivity contribution in [2.75, 3.05) is 12.0 Å². The molecule has 2 aromatic carbocycles. The number of rotatable bonds is 5. The van der Waals surface area contributed by atoms with Gasteiger partial charge in [-0.2, -0.15) is 0 Å². The van der Waals surface area contributed by atoms with E-state index in [-0.39, 0.29) is 17.3 Å². The number of carbonyl (C=O) groups excluding carboxylic acids is 2. The van der Waals surface area contributed by atoms with Gasteiger partial charge in [-0.25, -0.2) is 0 Å². The second-order valence-corrected chi connectivity index (χ2v) is 9.64. The van der Waals surface area contributed by atoms with E-state index in [4.69, 9.17) is 16.3 Å². The van der Waals surface area contributed by atoms with Crippen molar-refractivity contribution in [1.29, 1.82) is 0 Å². The van der Waals surface area contributed by atoms with Gasteiger partial charge in [-0.3, -0.25) is 14.5 Å². The molecule has 1 atom stereocenters. The molecule has 4 rings (SSSR count). The van der Waals surface area contributed by atoms with Gasteiger partial charge < -0.3 is 9.84 Å². The Kier molecular flexibility index (Phi) is 6.32. The minimum atomic E-state index is -0.741. The maximum Gasteiger partial charge on any atom is 0.300 e. The van der Waals surface area contributed by atoms with Crippen LogP contribution in [0.25, 0.3) is 5.76 Å². The van der Waals surface area contributed by atoms with Gasteiger partial charge >= 0.3 is 0 Å². The first-order valence-corrected chi connectivity index (χ1v) is 11.8. The van der Waals surface area contributed by atoms with E-state index in [1.54, 1.807) is 31.4 Å². The monoisotopic (exact) mass is 481 g/mol. The SMILES string of the molecule is COc1cc(C)c(/C(O)=C2\C(=O)C(=O)N(c3ccc(Cl)cc3)C2c2cccs2)cc1C(C)C. The fraction of sp³-hybridized carbons (Fsp3) is 0.231. The quantitative estimate of drug-likeness (QED) is 0.257. The number of hydrogen-bond donors (Lipinski definition) is 1. The van der Waals surface area contributed by atoms with E-state index >= 15 is 0 Å². The average Bonchev–Trinajstić information content (AvgIpc) is 3.40. The number of carbonyl (C=O) groups is 2. The number of aliphatic hydroxyl groups excluding tert-OH is 1. The number of Topliss-reactive ketones (excluding diaryl/α,β-unsaturated/α-hetero) is 1. The maximum absolute atomic E-state index is 13.3. The van der Waals surface area contributed by atoms with Crippen LogP contribution < -0.4 is 9.64 Å². The Morgan fingerprint density at radius 3 is 2.42 bits per heavy atom. The van der Waals surface area contributed by atoms with Crippen LogP contribution >= 0.6 is 22.9 Å². The zero-order valence-corrected chi connectivity index (χ0v) is 20.3. The smallest absolute Gasteiger partial charge is 0.300 e. The molecule has 0 bridgehead atoms. The summed E-state index contributed by atoms with van der Waals surface area (Å²) in [6, 6.07) is 13.4. The summed E-state index contributed by atoms with van der Waals surface area (Å²) in [5.41, 5.74) is 2.77. The molecule has 33 heavy (non-hydrogen) atoms. The fourth-order valence-electron chi connectivity index (χ4n) is 4.14. The van der Waals surface area contributed by atoms with Crippen molar-refractivity contribution < 1.29 is 19.4 Å². The van der Waals surface area contributed by atoms with Crippen molar-refractivity contribution in [2.24, 2.45) is 0 Å². The van der Waals surface area contributed by atoms with Crippen molar-refractivity contribution in [3.63, 3.8) is 0 Å². The molecule has 2 heterocycles. The number of amides is 1. The third kappa shape index (κ3) is 4.05. The van der Waals surface area contributed by atoms with Crippen molar-refractivity contribution in [3.05, 3.63) is 86.1 Å². The number of methoxy groups -OCH3 is 1. The summed E-state index contributed by atoms with van der Waals surface area (Å²) in [4.78, 5) is 28.7. The van der Waals surface area contributed by atoms with Crippen molar-refractivity contribution >= 4 is 46.1 Å². The molecule has 0 aliphatic carbocycles. The lowest BCUT2D eigenvalue weighted by Gasteiger charge is -2.24. The van der Waals surface area contributed by atoms with Crippen molar-refractivity contribution in [2.45, 2.75) is 32.7 Å². The number of anilines is 1. The topological polar surface area (TPSA) is 66.8 Å². The van der Waals surface area contributed by atoms with Crippen LogP contribution in [0.4, 0.5) is 5.69 Å². The van der Waals surface area contributed by atoms with Gasteiger partial charge in [0.2, 0.25) is 0 Å². The molecule has 5 nitrogen and oxygen atoms in total. The van der Waals surface area contributed by atoms with E-state index in [1.807, 2.05) is 50.4 Å². The van der Waals surface area contributed by atoms with Gasteiger partial charge in [-0.15, -0.1) is 11.3 Å². The zero-order chi connectivity index (χ0) is 23.9. The second kappa shape index (κ2) is 9.04. The maximum atomic E-state index is 13.3. The predicted octanol–water partition coefficient (Wildman–Crippen LogP) is 6.47. The lowest BCUT2D eigenvalue weighted by molar-refractivity contribution is -0.132. The first-order chi connectivity index (χ1) is 15.7. The Balaban J connectivity index is 1.95. The Morgan fingerprint density at radius 1 is 1.15 bits per heavy atom. The molecule has 1 unspecified atom stereocenters. The molecule has 1 N–H and O–H groups in total. The Bertz CT molecular complexity index is 1250. The summed E-state index contributed by atoms with van der Waals surface area (Å²) in [6.45, 7) is 5.90. The molecule has 0 spiro atoms. The number of hydrogen-bond acceptors (Lipinski definition) is 5. The number of aryl methyl sites for hydroxylation is 1. The highest BCUT2D eigenvalue weighted by atomic mass is 35.5. The normalized spacial score (nSPS) is 17.8. The summed E-state index contributed by atoms with van der Waals surface area (Å²) in [6.07, 6.45) is 0. The second-order valence-electron chi connectivity index (χ2n) is 8.22. The molecule has 1 fully saturated rings. The number of ketones is 1. The molecule has 3 aromatic rings. The van der Waals surface area contributed by atoms with Gasteiger partial charge in [0, 0.05) is 21.2 Å². The highest BCUT2D eigenvalue weighted by Crippen LogP contribution is 2.44. The number of nitrogens with zero attached hydrogens (tertiary/aromatic N) is 1. The molecule has 1 amide bonds. The lowest BCUT2D eigenvalue weighted by Crippen LogP contribution is -2.29. The molecule has 1 aliphatic rings.